The molecule has 0 saturated heterocycles. The smallest absolute Gasteiger partial charge is 0.327 e. The van der Waals surface area contributed by atoms with Gasteiger partial charge in [-0.25, -0.2) is 4.68 Å². The molecular weight excluding hydrogens is 244 g/mol. The lowest BCUT2D eigenvalue weighted by molar-refractivity contribution is -0.144. The monoisotopic (exact) mass is 260 g/mol. The summed E-state index contributed by atoms with van der Waals surface area (Å²) in [5.74, 6) is 0.242. The molecule has 19 heavy (non-hydrogen) atoms. The van der Waals surface area contributed by atoms with Crippen LogP contribution in [-0.4, -0.2) is 32.8 Å². The first-order valence-electron chi connectivity index (χ1n) is 6.28. The predicted octanol–water partition coefficient (Wildman–Crippen LogP) is 1.68. The van der Waals surface area contributed by atoms with Gasteiger partial charge < -0.3 is 4.74 Å². The van der Waals surface area contributed by atoms with Crippen LogP contribution in [0.4, 0.5) is 0 Å². The summed E-state index contributed by atoms with van der Waals surface area (Å²) >= 11 is 0. The Bertz CT molecular complexity index is 524. The van der Waals surface area contributed by atoms with Crippen LogP contribution in [-0.2, 0) is 16.1 Å². The summed E-state index contributed by atoms with van der Waals surface area (Å²) in [4.78, 5) is 11.6. The standard InChI is InChI=1S/C13H16N4O2/c1-2-3-9-19-12(18)10-17-13(14-15-16-17)11-7-5-4-6-8-11/h4-8H,2-3,9-10H2,1H3. The molecule has 6 heteroatoms. The average molecular weight is 260 g/mol. The van der Waals surface area contributed by atoms with E-state index in [2.05, 4.69) is 15.5 Å². The zero-order valence-electron chi connectivity index (χ0n) is 10.8. The van der Waals surface area contributed by atoms with Gasteiger partial charge in [-0.05, 0) is 16.8 Å². The zero-order valence-corrected chi connectivity index (χ0v) is 10.8. The van der Waals surface area contributed by atoms with E-state index in [4.69, 9.17) is 4.74 Å². The Morgan fingerprint density at radius 1 is 1.32 bits per heavy atom. The lowest BCUT2D eigenvalue weighted by Crippen LogP contribution is -2.16. The van der Waals surface area contributed by atoms with Crippen molar-refractivity contribution in [2.45, 2.75) is 26.3 Å². The molecule has 100 valence electrons. The highest BCUT2D eigenvalue weighted by molar-refractivity contribution is 5.70. The zero-order chi connectivity index (χ0) is 13.5. The molecule has 0 bridgehead atoms. The molecule has 0 radical (unpaired) electrons. The topological polar surface area (TPSA) is 69.9 Å². The third-order valence-corrected chi connectivity index (χ3v) is 2.60. The van der Waals surface area contributed by atoms with Gasteiger partial charge in [-0.3, -0.25) is 4.79 Å². The van der Waals surface area contributed by atoms with Crippen molar-refractivity contribution in [3.8, 4) is 11.4 Å². The molecule has 0 fully saturated rings. The van der Waals surface area contributed by atoms with E-state index in [1.165, 1.54) is 4.68 Å². The molecule has 1 heterocycles. The number of hydrogen-bond acceptors (Lipinski definition) is 5. The Labute approximate surface area is 111 Å². The molecule has 2 rings (SSSR count). The van der Waals surface area contributed by atoms with Crippen LogP contribution in [0.1, 0.15) is 19.8 Å². The Morgan fingerprint density at radius 3 is 2.84 bits per heavy atom. The van der Waals surface area contributed by atoms with E-state index in [0.29, 0.717) is 12.4 Å². The molecule has 1 aromatic heterocycles. The van der Waals surface area contributed by atoms with Crippen LogP contribution in [0.15, 0.2) is 30.3 Å². The largest absolute Gasteiger partial charge is 0.464 e. The van der Waals surface area contributed by atoms with Gasteiger partial charge in [-0.15, -0.1) is 5.10 Å². The van der Waals surface area contributed by atoms with Crippen LogP contribution >= 0.6 is 0 Å². The van der Waals surface area contributed by atoms with Gasteiger partial charge in [0.05, 0.1) is 6.61 Å². The molecule has 6 nitrogen and oxygen atoms in total. The molecule has 0 amide bonds. The highest BCUT2D eigenvalue weighted by Crippen LogP contribution is 2.14. The van der Waals surface area contributed by atoms with Gasteiger partial charge in [0.2, 0.25) is 0 Å². The number of carbonyl (C=O) groups excluding carboxylic acids is 1. The second-order valence-corrected chi connectivity index (χ2v) is 4.10. The fraction of sp³-hybridized carbons (Fsp3) is 0.385. The predicted molar refractivity (Wildman–Crippen MR) is 69.1 cm³/mol. The molecule has 0 spiro atoms. The number of rotatable bonds is 6. The quantitative estimate of drug-likeness (QED) is 0.584. The fourth-order valence-corrected chi connectivity index (χ4v) is 1.60. The summed E-state index contributed by atoms with van der Waals surface area (Å²) in [6, 6.07) is 9.49. The van der Waals surface area contributed by atoms with Crippen molar-refractivity contribution < 1.29 is 9.53 Å². The van der Waals surface area contributed by atoms with Crippen molar-refractivity contribution in [1.29, 1.82) is 0 Å². The first-order valence-corrected chi connectivity index (χ1v) is 6.28. The third-order valence-electron chi connectivity index (χ3n) is 2.60. The number of ether oxygens (including phenoxy) is 1. The van der Waals surface area contributed by atoms with Crippen molar-refractivity contribution in [3.63, 3.8) is 0 Å². The minimum absolute atomic E-state index is 0.0287. The van der Waals surface area contributed by atoms with Gasteiger partial charge in [0, 0.05) is 5.56 Å². The normalized spacial score (nSPS) is 10.4. The van der Waals surface area contributed by atoms with Gasteiger partial charge in [-0.1, -0.05) is 43.7 Å². The number of aromatic nitrogens is 4. The lowest BCUT2D eigenvalue weighted by atomic mass is 10.2. The van der Waals surface area contributed by atoms with E-state index in [1.54, 1.807) is 0 Å². The van der Waals surface area contributed by atoms with Crippen LogP contribution in [0.2, 0.25) is 0 Å². The number of carbonyl (C=O) groups is 1. The molecule has 0 aliphatic carbocycles. The molecule has 2 aromatic rings. The van der Waals surface area contributed by atoms with Crippen molar-refractivity contribution in [1.82, 2.24) is 20.2 Å². The minimum atomic E-state index is -0.321. The molecule has 0 aliphatic heterocycles. The molecule has 0 atom stereocenters. The highest BCUT2D eigenvalue weighted by atomic mass is 16.5. The Hall–Kier alpha value is -2.24. The average Bonchev–Trinajstić information content (AvgIpc) is 2.88. The SMILES string of the molecule is CCCCOC(=O)Cn1nnnc1-c1ccccc1. The van der Waals surface area contributed by atoms with E-state index < -0.39 is 0 Å². The van der Waals surface area contributed by atoms with Gasteiger partial charge in [0.15, 0.2) is 5.82 Å². The number of hydrogen-bond donors (Lipinski definition) is 0. The first-order chi connectivity index (χ1) is 9.31. The summed E-state index contributed by atoms with van der Waals surface area (Å²) in [5, 5.41) is 11.3. The van der Waals surface area contributed by atoms with Crippen LogP contribution in [0.3, 0.4) is 0 Å². The summed E-state index contributed by atoms with van der Waals surface area (Å²) in [6.07, 6.45) is 1.86. The molecule has 0 saturated carbocycles. The fourth-order valence-electron chi connectivity index (χ4n) is 1.60. The number of nitrogens with zero attached hydrogens (tertiary/aromatic N) is 4. The number of tetrazole rings is 1. The summed E-state index contributed by atoms with van der Waals surface area (Å²) in [6.45, 7) is 2.52. The third kappa shape index (κ3) is 3.61. The van der Waals surface area contributed by atoms with Crippen LogP contribution in [0.5, 0.6) is 0 Å². The van der Waals surface area contributed by atoms with Crippen LogP contribution < -0.4 is 0 Å². The van der Waals surface area contributed by atoms with E-state index in [1.807, 2.05) is 37.3 Å². The van der Waals surface area contributed by atoms with E-state index >= 15 is 0 Å². The molecule has 0 unspecified atom stereocenters. The maximum Gasteiger partial charge on any atom is 0.327 e. The van der Waals surface area contributed by atoms with Crippen molar-refractivity contribution in [3.05, 3.63) is 30.3 Å². The van der Waals surface area contributed by atoms with E-state index in [0.717, 1.165) is 18.4 Å². The first kappa shape index (κ1) is 13.2. The Balaban J connectivity index is 2.02. The van der Waals surface area contributed by atoms with Gasteiger partial charge in [0.25, 0.3) is 0 Å². The van der Waals surface area contributed by atoms with E-state index in [9.17, 15) is 4.79 Å². The number of unbranched alkanes of at least 4 members (excludes halogenated alkanes) is 1. The number of esters is 1. The van der Waals surface area contributed by atoms with E-state index in [-0.39, 0.29) is 12.5 Å². The maximum atomic E-state index is 11.6. The van der Waals surface area contributed by atoms with Gasteiger partial charge in [0.1, 0.15) is 6.54 Å². The van der Waals surface area contributed by atoms with Crippen molar-refractivity contribution in [2.75, 3.05) is 6.61 Å². The lowest BCUT2D eigenvalue weighted by Gasteiger charge is -2.05. The molecule has 0 aliphatic rings. The summed E-state index contributed by atoms with van der Waals surface area (Å²) in [5.41, 5.74) is 0.869. The Kier molecular flexibility index (Phi) is 4.60. The molecule has 0 N–H and O–H groups in total. The van der Waals surface area contributed by atoms with Crippen LogP contribution in [0.25, 0.3) is 11.4 Å². The highest BCUT2D eigenvalue weighted by Gasteiger charge is 2.12. The van der Waals surface area contributed by atoms with Gasteiger partial charge in [-0.2, -0.15) is 0 Å². The molecule has 1 aromatic carbocycles. The number of benzene rings is 1. The summed E-state index contributed by atoms with van der Waals surface area (Å²) in [7, 11) is 0. The maximum absolute atomic E-state index is 11.6. The van der Waals surface area contributed by atoms with Gasteiger partial charge >= 0.3 is 5.97 Å². The Morgan fingerprint density at radius 2 is 2.11 bits per heavy atom. The second kappa shape index (κ2) is 6.63. The summed E-state index contributed by atoms with van der Waals surface area (Å²) < 4.78 is 6.54. The minimum Gasteiger partial charge on any atom is -0.464 e. The van der Waals surface area contributed by atoms with Crippen molar-refractivity contribution in [2.24, 2.45) is 0 Å². The second-order valence-electron chi connectivity index (χ2n) is 4.10. The molecular formula is C13H16N4O2. The van der Waals surface area contributed by atoms with Crippen LogP contribution in [0, 0.1) is 0 Å². The van der Waals surface area contributed by atoms with Crippen molar-refractivity contribution >= 4 is 5.97 Å².